The number of ether oxygens (including phenoxy) is 5. The minimum Gasteiger partial charge on any atom is -0.508 e. The molecule has 5 aromatic carbocycles. The lowest BCUT2D eigenvalue weighted by molar-refractivity contribution is -0.165. The summed E-state index contributed by atoms with van der Waals surface area (Å²) in [6.45, 7) is 1.42. The number of nitrogens with one attached hydrogen (secondary N) is 2. The second kappa shape index (κ2) is 32.0. The summed E-state index contributed by atoms with van der Waals surface area (Å²) < 4.78 is 28.8. The molecule has 0 aromatic heterocycles. The van der Waals surface area contributed by atoms with Gasteiger partial charge in [0.25, 0.3) is 11.8 Å². The van der Waals surface area contributed by atoms with Crippen molar-refractivity contribution in [3.05, 3.63) is 161 Å². The molecular formula is C68H80N6O16. The lowest BCUT2D eigenvalue weighted by Crippen LogP contribution is -2.57. The quantitative estimate of drug-likeness (QED) is 0.0921. The zero-order valence-corrected chi connectivity index (χ0v) is 51.9. The van der Waals surface area contributed by atoms with Gasteiger partial charge in [0.05, 0.1) is 26.2 Å². The van der Waals surface area contributed by atoms with Crippen LogP contribution in [0.25, 0.3) is 0 Å². The monoisotopic (exact) mass is 1240 g/mol. The number of phenolic OH excluding ortho intramolecular Hbond substituents is 2. The fourth-order valence-corrected chi connectivity index (χ4v) is 10.6. The van der Waals surface area contributed by atoms with E-state index >= 15 is 0 Å². The molecule has 2 aliphatic heterocycles. The van der Waals surface area contributed by atoms with E-state index < -0.39 is 109 Å². The van der Waals surface area contributed by atoms with Crippen molar-refractivity contribution in [3.8, 4) is 28.7 Å². The number of piperidine rings is 1. The standard InChI is InChI=1S/C68H80N6O16/c1-68(2)43-89-61(79)26-15-16-33-71(3)64(82)51(35-44-19-10-8-11-20-44)69-59(77)41-72(4)65(83)52(36-45-21-12-9-13-22-45)70-63(81)54(37-46-27-30-49(75)31-28-46)73(5)60(78)42-88-50-24-18-23-48(38-50)56(32-29-47-39-57(86-6)58(87-7)40-55(47)76)90-67(85)53-25-14-17-34-74(53)66(84)62(68)80/h8-13,15,18-24,26-28,30-31,38-40,51-54,56,75-76H,14,16-17,25,29,32-37,41-43H2,1-7H3,(H,69,77)(H,70,81)/t51-,52-,53+,54+,56-/m1/s1. The van der Waals surface area contributed by atoms with Crippen LogP contribution in [0.1, 0.15) is 79.9 Å². The molecule has 22 heteroatoms. The van der Waals surface area contributed by atoms with Crippen molar-refractivity contribution in [1.29, 1.82) is 0 Å². The van der Waals surface area contributed by atoms with Gasteiger partial charge in [-0.1, -0.05) is 91.0 Å². The maximum Gasteiger partial charge on any atom is 0.330 e. The smallest absolute Gasteiger partial charge is 0.330 e. The normalized spacial score (nSPS) is 21.0. The van der Waals surface area contributed by atoms with Crippen molar-refractivity contribution in [2.24, 2.45) is 5.41 Å². The van der Waals surface area contributed by atoms with E-state index in [0.29, 0.717) is 40.8 Å². The lowest BCUT2D eigenvalue weighted by atomic mass is 9.87. The number of carbonyl (C=O) groups excluding carboxylic acids is 9. The Labute approximate surface area is 524 Å². The molecule has 5 aromatic rings. The first kappa shape index (κ1) is 67.8. The third-order valence-electron chi connectivity index (χ3n) is 15.9. The van der Waals surface area contributed by atoms with Crippen LogP contribution in [-0.2, 0) is 78.3 Å². The van der Waals surface area contributed by atoms with Gasteiger partial charge in [0.15, 0.2) is 18.1 Å². The summed E-state index contributed by atoms with van der Waals surface area (Å²) in [4.78, 5) is 133. The number of rotatable bonds is 11. The van der Waals surface area contributed by atoms with Crippen LogP contribution in [0.3, 0.4) is 0 Å². The number of esters is 2. The number of ketones is 1. The summed E-state index contributed by atoms with van der Waals surface area (Å²) in [5.74, 6) is -6.08. The summed E-state index contributed by atoms with van der Waals surface area (Å²) in [7, 11) is 7.22. The van der Waals surface area contributed by atoms with E-state index in [1.165, 1.54) is 88.2 Å². The molecule has 0 radical (unpaired) electrons. The van der Waals surface area contributed by atoms with Gasteiger partial charge in [0.1, 0.15) is 54.1 Å². The summed E-state index contributed by atoms with van der Waals surface area (Å²) >= 11 is 0. The number of amides is 6. The first-order valence-electron chi connectivity index (χ1n) is 29.8. The number of Topliss-reactive ketones (excluding diaryl/α,β-unsaturated/α-hetero) is 1. The fraction of sp³-hybridized carbons (Fsp3) is 0.397. The first-order chi connectivity index (χ1) is 43.0. The largest absolute Gasteiger partial charge is 0.508 e. The third kappa shape index (κ3) is 18.7. The highest BCUT2D eigenvalue weighted by molar-refractivity contribution is 6.38. The number of methoxy groups -OCH3 is 2. The minimum absolute atomic E-state index is 0.0209. The van der Waals surface area contributed by atoms with Crippen LogP contribution in [0.5, 0.6) is 28.7 Å². The molecule has 1 saturated heterocycles. The van der Waals surface area contributed by atoms with Crippen LogP contribution >= 0.6 is 0 Å². The van der Waals surface area contributed by atoms with Crippen molar-refractivity contribution in [2.75, 3.05) is 68.2 Å². The highest BCUT2D eigenvalue weighted by Gasteiger charge is 2.43. The zero-order valence-electron chi connectivity index (χ0n) is 51.9. The predicted molar refractivity (Wildman–Crippen MR) is 331 cm³/mol. The van der Waals surface area contributed by atoms with E-state index in [-0.39, 0.29) is 81.0 Å². The number of aryl methyl sites for hydroxylation is 1. The second-order valence-corrected chi connectivity index (χ2v) is 23.1. The topological polar surface area (TPSA) is 277 Å². The van der Waals surface area contributed by atoms with Crippen molar-refractivity contribution in [3.63, 3.8) is 0 Å². The molecule has 0 unspecified atom stereocenters. The molecule has 6 amide bonds. The summed E-state index contributed by atoms with van der Waals surface area (Å²) in [6, 6.07) is 28.5. The third-order valence-corrected chi connectivity index (χ3v) is 15.9. The number of aromatic hydroxyl groups is 2. The van der Waals surface area contributed by atoms with E-state index in [1.807, 2.05) is 6.07 Å². The number of hydrogen-bond acceptors (Lipinski definition) is 16. The van der Waals surface area contributed by atoms with Gasteiger partial charge in [-0.3, -0.25) is 33.6 Å². The van der Waals surface area contributed by atoms with E-state index in [9.17, 15) is 53.4 Å². The van der Waals surface area contributed by atoms with E-state index in [0.717, 1.165) is 16.5 Å². The van der Waals surface area contributed by atoms with E-state index in [2.05, 4.69) is 10.6 Å². The number of hydrogen-bond donors (Lipinski definition) is 4. The predicted octanol–water partition coefficient (Wildman–Crippen LogP) is 5.63. The molecule has 7 rings (SSSR count). The number of phenols is 2. The number of nitrogens with zero attached hydrogens (tertiary/aromatic N) is 4. The number of benzene rings is 5. The summed E-state index contributed by atoms with van der Waals surface area (Å²) in [6.07, 6.45) is 3.04. The highest BCUT2D eigenvalue weighted by Crippen LogP contribution is 2.37. The van der Waals surface area contributed by atoms with Gasteiger partial charge in [0.2, 0.25) is 29.4 Å². The molecular weight excluding hydrogens is 1160 g/mol. The van der Waals surface area contributed by atoms with Crippen LogP contribution < -0.4 is 24.8 Å². The second-order valence-electron chi connectivity index (χ2n) is 23.1. The van der Waals surface area contributed by atoms with Gasteiger partial charge in [-0.05, 0) is 111 Å². The molecule has 22 nitrogen and oxygen atoms in total. The molecule has 0 aliphatic carbocycles. The van der Waals surface area contributed by atoms with Crippen LogP contribution in [0.4, 0.5) is 0 Å². The molecule has 2 bridgehead atoms. The summed E-state index contributed by atoms with van der Waals surface area (Å²) in [5.41, 5.74) is 1.24. The molecule has 5 atom stereocenters. The first-order valence-corrected chi connectivity index (χ1v) is 29.8. The molecule has 0 saturated carbocycles. The van der Waals surface area contributed by atoms with E-state index in [4.69, 9.17) is 23.7 Å². The SMILES string of the molecule is COc1cc(O)c(CC[C@H]2OC(=O)[C@@H]3CCCCN3C(=O)C(=O)C(C)(C)COC(=O)C=CCCN(C)C(=O)[C@@H](Cc3ccccc3)NC(=O)CN(C)C(=O)[C@@H](Cc3ccccc3)NC(=O)[C@H](Cc3ccc(O)cc3)N(C)C(=O)COc3cccc2c3)cc1OC. The van der Waals surface area contributed by atoms with Crippen molar-refractivity contribution in [2.45, 2.75) is 102 Å². The van der Waals surface area contributed by atoms with Crippen molar-refractivity contribution >= 4 is 53.2 Å². The Morgan fingerprint density at radius 3 is 1.94 bits per heavy atom. The molecule has 2 heterocycles. The minimum atomic E-state index is -1.54. The van der Waals surface area contributed by atoms with Crippen molar-refractivity contribution < 1.29 is 77.0 Å². The van der Waals surface area contributed by atoms with Crippen LogP contribution in [0, 0.1) is 5.41 Å². The van der Waals surface area contributed by atoms with Gasteiger partial charge in [-0.15, -0.1) is 0 Å². The van der Waals surface area contributed by atoms with E-state index in [1.54, 1.807) is 97.1 Å². The average Bonchev–Trinajstić information content (AvgIpc) is 1.30. The Bertz CT molecular complexity index is 3380. The fourth-order valence-electron chi connectivity index (χ4n) is 10.6. The zero-order chi connectivity index (χ0) is 65.1. The molecule has 2 aliphatic rings. The Morgan fingerprint density at radius 2 is 1.29 bits per heavy atom. The lowest BCUT2D eigenvalue weighted by Gasteiger charge is -2.36. The molecule has 90 heavy (non-hydrogen) atoms. The highest BCUT2D eigenvalue weighted by atomic mass is 16.5. The number of fused-ring (bicyclic) bond motifs is 3. The van der Waals surface area contributed by atoms with Gasteiger partial charge >= 0.3 is 11.9 Å². The van der Waals surface area contributed by atoms with Crippen LogP contribution in [0.15, 0.2) is 133 Å². The molecule has 1 fully saturated rings. The van der Waals surface area contributed by atoms with Crippen molar-refractivity contribution in [1.82, 2.24) is 30.2 Å². The van der Waals surface area contributed by atoms with Gasteiger partial charge in [0, 0.05) is 65.6 Å². The van der Waals surface area contributed by atoms with Gasteiger partial charge in [-0.25, -0.2) is 9.59 Å². The number of cyclic esters (lactones) is 2. The van der Waals surface area contributed by atoms with Gasteiger partial charge in [-0.2, -0.15) is 0 Å². The molecule has 478 valence electrons. The summed E-state index contributed by atoms with van der Waals surface area (Å²) in [5, 5.41) is 26.9. The molecule has 0 spiro atoms. The Hall–Kier alpha value is -9.73. The number of likely N-dealkylation sites (N-methyl/N-ethyl adjacent to an activating group) is 3. The van der Waals surface area contributed by atoms with Crippen LogP contribution in [-0.4, -0.2) is 175 Å². The Kier molecular flexibility index (Phi) is 24.1. The maximum absolute atomic E-state index is 14.9. The molecule has 4 N–H and O–H groups in total. The average molecular weight is 1240 g/mol. The Balaban J connectivity index is 1.22. The van der Waals surface area contributed by atoms with Crippen LogP contribution in [0.2, 0.25) is 0 Å². The number of carbonyl (C=O) groups is 9. The maximum atomic E-state index is 14.9. The van der Waals surface area contributed by atoms with Gasteiger partial charge < -0.3 is 64.1 Å². The Morgan fingerprint density at radius 1 is 0.667 bits per heavy atom.